The molecule has 0 atom stereocenters. The molecule has 0 bridgehead atoms. The number of rotatable bonds is 5. The summed E-state index contributed by atoms with van der Waals surface area (Å²) in [6.45, 7) is 0.345. The topological polar surface area (TPSA) is 38.7 Å². The first-order valence-corrected chi connectivity index (χ1v) is 6.25. The summed E-state index contributed by atoms with van der Waals surface area (Å²) in [7, 11) is 1.59. The van der Waals surface area contributed by atoms with Crippen LogP contribution in [0.25, 0.3) is 0 Å². The van der Waals surface area contributed by atoms with Gasteiger partial charge in [0.15, 0.2) is 0 Å². The van der Waals surface area contributed by atoms with Gasteiger partial charge in [0.2, 0.25) is 0 Å². The highest BCUT2D eigenvalue weighted by Crippen LogP contribution is 2.25. The third-order valence-corrected chi connectivity index (χ3v) is 3.00. The van der Waals surface area contributed by atoms with E-state index in [2.05, 4.69) is 0 Å². The first kappa shape index (κ1) is 13.7. The van der Waals surface area contributed by atoms with Gasteiger partial charge in [-0.15, -0.1) is 0 Å². The van der Waals surface area contributed by atoms with Crippen molar-refractivity contribution in [1.29, 1.82) is 0 Å². The molecule has 19 heavy (non-hydrogen) atoms. The van der Waals surface area contributed by atoms with Crippen molar-refractivity contribution in [2.24, 2.45) is 0 Å². The molecule has 0 aliphatic heterocycles. The van der Waals surface area contributed by atoms with Crippen LogP contribution in [0.1, 0.15) is 11.1 Å². The van der Waals surface area contributed by atoms with Crippen LogP contribution in [-0.2, 0) is 13.2 Å². The van der Waals surface area contributed by atoms with Gasteiger partial charge in [0, 0.05) is 16.7 Å². The minimum Gasteiger partial charge on any atom is -0.497 e. The quantitative estimate of drug-likeness (QED) is 0.911. The first-order valence-electron chi connectivity index (χ1n) is 5.88. The van der Waals surface area contributed by atoms with Gasteiger partial charge in [0.25, 0.3) is 0 Å². The minimum absolute atomic E-state index is 0.0695. The Kier molecular flexibility index (Phi) is 4.66. The molecule has 3 nitrogen and oxygen atoms in total. The zero-order valence-electron chi connectivity index (χ0n) is 10.6. The SMILES string of the molecule is COc1ccc(CO)c(OCc2ccc(Cl)cc2)c1. The molecule has 0 saturated heterocycles. The Morgan fingerprint density at radius 3 is 2.47 bits per heavy atom. The van der Waals surface area contributed by atoms with Crippen molar-refractivity contribution >= 4 is 11.6 Å². The van der Waals surface area contributed by atoms with E-state index < -0.39 is 0 Å². The number of hydrogen-bond acceptors (Lipinski definition) is 3. The smallest absolute Gasteiger partial charge is 0.129 e. The largest absolute Gasteiger partial charge is 0.497 e. The molecule has 0 radical (unpaired) electrons. The molecule has 0 aliphatic carbocycles. The Morgan fingerprint density at radius 1 is 1.11 bits per heavy atom. The maximum absolute atomic E-state index is 9.28. The van der Waals surface area contributed by atoms with Gasteiger partial charge in [0.1, 0.15) is 18.1 Å². The van der Waals surface area contributed by atoms with Gasteiger partial charge in [0.05, 0.1) is 13.7 Å². The summed E-state index contributed by atoms with van der Waals surface area (Å²) in [6, 6.07) is 12.8. The van der Waals surface area contributed by atoms with Crippen LogP contribution in [0.15, 0.2) is 42.5 Å². The number of methoxy groups -OCH3 is 1. The molecule has 0 heterocycles. The molecule has 0 amide bonds. The van der Waals surface area contributed by atoms with Crippen molar-refractivity contribution in [3.05, 3.63) is 58.6 Å². The molecular weight excluding hydrogens is 264 g/mol. The number of benzene rings is 2. The Labute approximate surface area is 117 Å². The van der Waals surface area contributed by atoms with E-state index in [-0.39, 0.29) is 6.61 Å². The number of ether oxygens (including phenoxy) is 2. The van der Waals surface area contributed by atoms with Crippen LogP contribution in [0.2, 0.25) is 5.02 Å². The minimum atomic E-state index is -0.0695. The Hall–Kier alpha value is -1.71. The molecule has 0 saturated carbocycles. The van der Waals surface area contributed by atoms with E-state index in [1.165, 1.54) is 0 Å². The first-order chi connectivity index (χ1) is 9.22. The lowest BCUT2D eigenvalue weighted by Gasteiger charge is -2.11. The van der Waals surface area contributed by atoms with Gasteiger partial charge in [-0.1, -0.05) is 23.7 Å². The number of aliphatic hydroxyl groups excluding tert-OH is 1. The summed E-state index contributed by atoms with van der Waals surface area (Å²) in [5.41, 5.74) is 1.74. The van der Waals surface area contributed by atoms with E-state index in [1.54, 1.807) is 25.3 Å². The van der Waals surface area contributed by atoms with E-state index in [0.29, 0.717) is 23.1 Å². The second-order valence-electron chi connectivity index (χ2n) is 4.05. The van der Waals surface area contributed by atoms with Gasteiger partial charge < -0.3 is 14.6 Å². The van der Waals surface area contributed by atoms with Crippen molar-refractivity contribution in [3.8, 4) is 11.5 Å². The Morgan fingerprint density at radius 2 is 1.84 bits per heavy atom. The van der Waals surface area contributed by atoms with Crippen LogP contribution < -0.4 is 9.47 Å². The molecule has 0 spiro atoms. The predicted molar refractivity (Wildman–Crippen MR) is 74.7 cm³/mol. The van der Waals surface area contributed by atoms with E-state index in [9.17, 15) is 5.11 Å². The van der Waals surface area contributed by atoms with Crippen LogP contribution >= 0.6 is 11.6 Å². The Bertz CT molecular complexity index is 538. The van der Waals surface area contributed by atoms with E-state index >= 15 is 0 Å². The molecule has 0 unspecified atom stereocenters. The van der Waals surface area contributed by atoms with Crippen molar-refractivity contribution in [1.82, 2.24) is 0 Å². The molecule has 0 aromatic heterocycles. The van der Waals surface area contributed by atoms with Crippen LogP contribution in [0.5, 0.6) is 11.5 Å². The highest BCUT2D eigenvalue weighted by atomic mass is 35.5. The summed E-state index contributed by atoms with van der Waals surface area (Å²) >= 11 is 5.83. The average Bonchev–Trinajstić information content (AvgIpc) is 2.46. The van der Waals surface area contributed by atoms with Crippen LogP contribution in [-0.4, -0.2) is 12.2 Å². The summed E-state index contributed by atoms with van der Waals surface area (Å²) in [4.78, 5) is 0. The summed E-state index contributed by atoms with van der Waals surface area (Å²) in [5.74, 6) is 1.32. The molecule has 100 valence electrons. The lowest BCUT2D eigenvalue weighted by Crippen LogP contribution is -1.99. The average molecular weight is 279 g/mol. The highest BCUT2D eigenvalue weighted by Gasteiger charge is 2.05. The van der Waals surface area contributed by atoms with Crippen LogP contribution in [0, 0.1) is 0 Å². The lowest BCUT2D eigenvalue weighted by atomic mass is 10.2. The maximum atomic E-state index is 9.28. The monoisotopic (exact) mass is 278 g/mol. The molecule has 1 N–H and O–H groups in total. The van der Waals surface area contributed by atoms with Crippen LogP contribution in [0.3, 0.4) is 0 Å². The number of hydrogen-bond donors (Lipinski definition) is 1. The normalized spacial score (nSPS) is 10.3. The number of halogens is 1. The predicted octanol–water partition coefficient (Wildman–Crippen LogP) is 3.42. The zero-order chi connectivity index (χ0) is 13.7. The van der Waals surface area contributed by atoms with Gasteiger partial charge >= 0.3 is 0 Å². The van der Waals surface area contributed by atoms with Crippen molar-refractivity contribution in [2.75, 3.05) is 7.11 Å². The fourth-order valence-electron chi connectivity index (χ4n) is 1.67. The van der Waals surface area contributed by atoms with E-state index in [1.807, 2.05) is 24.3 Å². The van der Waals surface area contributed by atoms with Gasteiger partial charge in [-0.3, -0.25) is 0 Å². The van der Waals surface area contributed by atoms with Gasteiger partial charge in [-0.2, -0.15) is 0 Å². The molecule has 0 aliphatic rings. The molecule has 4 heteroatoms. The van der Waals surface area contributed by atoms with Crippen molar-refractivity contribution in [2.45, 2.75) is 13.2 Å². The van der Waals surface area contributed by atoms with E-state index in [0.717, 1.165) is 11.1 Å². The second-order valence-corrected chi connectivity index (χ2v) is 4.48. The van der Waals surface area contributed by atoms with Crippen molar-refractivity contribution < 1.29 is 14.6 Å². The standard InChI is InChI=1S/C15H15ClO3/c1-18-14-7-4-12(9-17)15(8-14)19-10-11-2-5-13(16)6-3-11/h2-8,17H,9-10H2,1H3. The summed E-state index contributed by atoms with van der Waals surface area (Å²) in [6.07, 6.45) is 0. The second kappa shape index (κ2) is 6.45. The maximum Gasteiger partial charge on any atom is 0.129 e. The van der Waals surface area contributed by atoms with Gasteiger partial charge in [-0.25, -0.2) is 0 Å². The molecular formula is C15H15ClO3. The third kappa shape index (κ3) is 3.63. The molecule has 2 aromatic carbocycles. The fraction of sp³-hybridized carbons (Fsp3) is 0.200. The third-order valence-electron chi connectivity index (χ3n) is 2.75. The lowest BCUT2D eigenvalue weighted by molar-refractivity contribution is 0.258. The molecule has 2 rings (SSSR count). The zero-order valence-corrected chi connectivity index (χ0v) is 11.4. The summed E-state index contributed by atoms with van der Waals surface area (Å²) in [5, 5.41) is 9.97. The highest BCUT2D eigenvalue weighted by molar-refractivity contribution is 6.30. The van der Waals surface area contributed by atoms with Crippen LogP contribution in [0.4, 0.5) is 0 Å². The Balaban J connectivity index is 2.11. The molecule has 2 aromatic rings. The summed E-state index contributed by atoms with van der Waals surface area (Å²) < 4.78 is 10.9. The number of aliphatic hydroxyl groups is 1. The molecule has 0 fully saturated rings. The fourth-order valence-corrected chi connectivity index (χ4v) is 1.79. The van der Waals surface area contributed by atoms with E-state index in [4.69, 9.17) is 21.1 Å². The van der Waals surface area contributed by atoms with Gasteiger partial charge in [-0.05, 0) is 29.8 Å². The van der Waals surface area contributed by atoms with Crippen molar-refractivity contribution in [3.63, 3.8) is 0 Å².